The maximum absolute atomic E-state index is 12.2. The fraction of sp³-hybridized carbons (Fsp3) is 0.923. The third-order valence-corrected chi connectivity index (χ3v) is 4.50. The maximum atomic E-state index is 12.2. The van der Waals surface area contributed by atoms with Crippen molar-refractivity contribution in [3.05, 3.63) is 0 Å². The van der Waals surface area contributed by atoms with Gasteiger partial charge >= 0.3 is 0 Å². The van der Waals surface area contributed by atoms with Crippen LogP contribution in [0.25, 0.3) is 0 Å². The highest BCUT2D eigenvalue weighted by molar-refractivity contribution is 5.79. The van der Waals surface area contributed by atoms with Gasteiger partial charge in [0.15, 0.2) is 0 Å². The van der Waals surface area contributed by atoms with Crippen LogP contribution in [0, 0.1) is 5.92 Å². The molecule has 0 radical (unpaired) electrons. The molecule has 96 valence electrons. The van der Waals surface area contributed by atoms with Crippen LogP contribution in [-0.2, 0) is 9.53 Å². The number of amides is 1. The molecule has 3 aliphatic rings. The highest BCUT2D eigenvalue weighted by Crippen LogP contribution is 2.26. The van der Waals surface area contributed by atoms with Crippen molar-refractivity contribution >= 4 is 5.91 Å². The van der Waals surface area contributed by atoms with E-state index in [2.05, 4.69) is 9.80 Å². The highest BCUT2D eigenvalue weighted by Gasteiger charge is 2.32. The molecule has 3 rings (SSSR count). The Kier molecular flexibility index (Phi) is 3.34. The van der Waals surface area contributed by atoms with Gasteiger partial charge in [-0.05, 0) is 19.3 Å². The van der Waals surface area contributed by atoms with Crippen molar-refractivity contribution in [2.75, 3.05) is 39.4 Å². The van der Waals surface area contributed by atoms with Gasteiger partial charge in [0, 0.05) is 38.8 Å². The monoisotopic (exact) mass is 238 g/mol. The van der Waals surface area contributed by atoms with E-state index < -0.39 is 0 Å². The molecule has 2 heterocycles. The molecule has 4 heteroatoms. The van der Waals surface area contributed by atoms with Crippen LogP contribution < -0.4 is 0 Å². The summed E-state index contributed by atoms with van der Waals surface area (Å²) in [6, 6.07) is 0.821. The minimum atomic E-state index is 0.144. The van der Waals surface area contributed by atoms with Gasteiger partial charge in [0.1, 0.15) is 0 Å². The number of rotatable bonds is 2. The van der Waals surface area contributed by atoms with E-state index in [0.717, 1.165) is 45.2 Å². The van der Waals surface area contributed by atoms with Crippen molar-refractivity contribution in [2.45, 2.75) is 31.7 Å². The molecule has 3 fully saturated rings. The van der Waals surface area contributed by atoms with Crippen LogP contribution in [0.2, 0.25) is 0 Å². The molecule has 1 atom stereocenters. The topological polar surface area (TPSA) is 32.8 Å². The van der Waals surface area contributed by atoms with E-state index in [1.54, 1.807) is 0 Å². The van der Waals surface area contributed by atoms with Crippen molar-refractivity contribution < 1.29 is 9.53 Å². The summed E-state index contributed by atoms with van der Waals surface area (Å²) in [7, 11) is 0. The number of ether oxygens (including phenoxy) is 1. The van der Waals surface area contributed by atoms with Gasteiger partial charge in [0.25, 0.3) is 0 Å². The molecule has 0 N–H and O–H groups in total. The predicted molar refractivity (Wildman–Crippen MR) is 64.7 cm³/mol. The lowest BCUT2D eigenvalue weighted by Crippen LogP contribution is -2.54. The maximum Gasteiger partial charge on any atom is 0.228 e. The molecule has 1 saturated carbocycles. The first-order valence-electron chi connectivity index (χ1n) is 6.95. The summed E-state index contributed by atoms with van der Waals surface area (Å²) in [5.41, 5.74) is 0. The number of hydrogen-bond donors (Lipinski definition) is 0. The Hall–Kier alpha value is -0.610. The molecule has 0 aromatic rings. The van der Waals surface area contributed by atoms with E-state index in [1.807, 2.05) is 0 Å². The smallest absolute Gasteiger partial charge is 0.228 e. The van der Waals surface area contributed by atoms with Crippen molar-refractivity contribution in [3.8, 4) is 0 Å². The molecule has 0 unspecified atom stereocenters. The van der Waals surface area contributed by atoms with Crippen LogP contribution >= 0.6 is 0 Å². The van der Waals surface area contributed by atoms with Crippen LogP contribution in [0.4, 0.5) is 0 Å². The largest absolute Gasteiger partial charge is 0.381 e. The lowest BCUT2D eigenvalue weighted by atomic mass is 9.91. The molecule has 1 amide bonds. The molecule has 4 nitrogen and oxygen atoms in total. The molecular weight excluding hydrogens is 216 g/mol. The second-order valence-electron chi connectivity index (χ2n) is 5.51. The zero-order chi connectivity index (χ0) is 11.7. The number of hydrogen-bond acceptors (Lipinski definition) is 3. The van der Waals surface area contributed by atoms with E-state index in [9.17, 15) is 4.79 Å². The highest BCUT2D eigenvalue weighted by atomic mass is 16.5. The van der Waals surface area contributed by atoms with E-state index in [0.29, 0.717) is 12.5 Å². The Balaban J connectivity index is 1.48. The van der Waals surface area contributed by atoms with Gasteiger partial charge in [-0.3, -0.25) is 9.69 Å². The molecule has 17 heavy (non-hydrogen) atoms. The lowest BCUT2D eigenvalue weighted by molar-refractivity contribution is -0.137. The van der Waals surface area contributed by atoms with E-state index in [-0.39, 0.29) is 5.92 Å². The first-order chi connectivity index (χ1) is 8.34. The predicted octanol–water partition coefficient (Wildman–Crippen LogP) is 0.720. The minimum absolute atomic E-state index is 0.144. The number of carbonyl (C=O) groups is 1. The molecule has 1 aliphatic carbocycles. The van der Waals surface area contributed by atoms with Crippen molar-refractivity contribution in [2.24, 2.45) is 5.92 Å². The summed E-state index contributed by atoms with van der Waals surface area (Å²) in [6.07, 6.45) is 5.04. The molecule has 2 saturated heterocycles. The summed E-state index contributed by atoms with van der Waals surface area (Å²) >= 11 is 0. The summed E-state index contributed by atoms with van der Waals surface area (Å²) in [4.78, 5) is 16.8. The number of nitrogens with zero attached hydrogens (tertiary/aromatic N) is 2. The van der Waals surface area contributed by atoms with Gasteiger partial charge in [0.2, 0.25) is 5.91 Å². The summed E-state index contributed by atoms with van der Waals surface area (Å²) in [5.74, 6) is 0.473. The zero-order valence-electron chi connectivity index (χ0n) is 10.4. The van der Waals surface area contributed by atoms with Gasteiger partial charge < -0.3 is 9.64 Å². The third kappa shape index (κ3) is 2.33. The second-order valence-corrected chi connectivity index (χ2v) is 5.51. The van der Waals surface area contributed by atoms with Gasteiger partial charge in [-0.1, -0.05) is 6.42 Å². The SMILES string of the molecule is O=C([C@H]1CCOC1)N1CCN(C2CCC2)CC1. The van der Waals surface area contributed by atoms with Gasteiger partial charge in [-0.2, -0.15) is 0 Å². The second kappa shape index (κ2) is 4.94. The van der Waals surface area contributed by atoms with Crippen molar-refractivity contribution in [3.63, 3.8) is 0 Å². The van der Waals surface area contributed by atoms with Crippen molar-refractivity contribution in [1.82, 2.24) is 9.80 Å². The molecule has 0 aromatic heterocycles. The molecule has 0 bridgehead atoms. The summed E-state index contributed by atoms with van der Waals surface area (Å²) in [5, 5.41) is 0. The standard InChI is InChI=1S/C13H22N2O2/c16-13(11-4-9-17-10-11)15-7-5-14(6-8-15)12-2-1-3-12/h11-12H,1-10H2/t11-/m0/s1. The van der Waals surface area contributed by atoms with E-state index in [4.69, 9.17) is 4.74 Å². The normalized spacial score (nSPS) is 31.5. The quantitative estimate of drug-likeness (QED) is 0.710. The number of carbonyl (C=O) groups excluding carboxylic acids is 1. The average Bonchev–Trinajstić information content (AvgIpc) is 2.80. The van der Waals surface area contributed by atoms with Gasteiger partial charge in [-0.25, -0.2) is 0 Å². The van der Waals surface area contributed by atoms with Crippen molar-refractivity contribution in [1.29, 1.82) is 0 Å². The van der Waals surface area contributed by atoms with Crippen LogP contribution in [0.3, 0.4) is 0 Å². The zero-order valence-corrected chi connectivity index (χ0v) is 10.4. The van der Waals surface area contributed by atoms with Crippen LogP contribution in [0.1, 0.15) is 25.7 Å². The Morgan fingerprint density at radius 2 is 1.82 bits per heavy atom. The minimum Gasteiger partial charge on any atom is -0.381 e. The summed E-state index contributed by atoms with van der Waals surface area (Å²) in [6.45, 7) is 5.39. The van der Waals surface area contributed by atoms with E-state index >= 15 is 0 Å². The van der Waals surface area contributed by atoms with Crippen LogP contribution in [0.5, 0.6) is 0 Å². The average molecular weight is 238 g/mol. The Bertz CT molecular complexity index is 277. The Morgan fingerprint density at radius 3 is 2.35 bits per heavy atom. The van der Waals surface area contributed by atoms with Gasteiger partial charge in [-0.15, -0.1) is 0 Å². The Morgan fingerprint density at radius 1 is 1.06 bits per heavy atom. The Labute approximate surface area is 103 Å². The van der Waals surface area contributed by atoms with Crippen LogP contribution in [-0.4, -0.2) is 61.1 Å². The molecule has 0 spiro atoms. The fourth-order valence-electron chi connectivity index (χ4n) is 3.05. The number of piperazine rings is 1. The molecule has 0 aromatic carbocycles. The fourth-order valence-corrected chi connectivity index (χ4v) is 3.05. The third-order valence-electron chi connectivity index (χ3n) is 4.50. The van der Waals surface area contributed by atoms with E-state index in [1.165, 1.54) is 19.3 Å². The van der Waals surface area contributed by atoms with Crippen LogP contribution in [0.15, 0.2) is 0 Å². The summed E-state index contributed by atoms with van der Waals surface area (Å²) < 4.78 is 5.30. The lowest BCUT2D eigenvalue weighted by Gasteiger charge is -2.43. The molecule has 2 aliphatic heterocycles. The first kappa shape index (κ1) is 11.5. The molecular formula is C13H22N2O2. The van der Waals surface area contributed by atoms with Gasteiger partial charge in [0.05, 0.1) is 12.5 Å². The first-order valence-corrected chi connectivity index (χ1v) is 6.95.